The molecule has 2 aromatic rings. The Kier molecular flexibility index (Phi) is 3.99. The predicted octanol–water partition coefficient (Wildman–Crippen LogP) is 2.60. The summed E-state index contributed by atoms with van der Waals surface area (Å²) in [6.45, 7) is 1.37. The summed E-state index contributed by atoms with van der Waals surface area (Å²) in [6.07, 6.45) is 2.56. The molecule has 0 bridgehead atoms. The number of aryl methyl sites for hydroxylation is 1. The summed E-state index contributed by atoms with van der Waals surface area (Å²) in [5.41, 5.74) is 7.34. The largest absolute Gasteiger partial charge is 0.330 e. The van der Waals surface area contributed by atoms with E-state index in [2.05, 4.69) is 10.3 Å². The maximum absolute atomic E-state index is 5.99. The molecule has 1 heterocycles. The lowest BCUT2D eigenvalue weighted by atomic mass is 10.1. The van der Waals surface area contributed by atoms with Gasteiger partial charge >= 0.3 is 0 Å². The highest BCUT2D eigenvalue weighted by Crippen LogP contribution is 2.27. The molecule has 0 aliphatic heterocycles. The zero-order chi connectivity index (χ0) is 12.3. The number of aromatic nitrogens is 3. The second kappa shape index (κ2) is 5.49. The Morgan fingerprint density at radius 2 is 2.06 bits per heavy atom. The van der Waals surface area contributed by atoms with Gasteiger partial charge in [0.25, 0.3) is 0 Å². The van der Waals surface area contributed by atoms with Crippen LogP contribution in [0.4, 0.5) is 0 Å². The molecule has 0 unspecified atom stereocenters. The van der Waals surface area contributed by atoms with Gasteiger partial charge in [-0.05, 0) is 25.1 Å². The summed E-state index contributed by atoms with van der Waals surface area (Å²) in [6, 6.07) is 5.47. The third-order valence-electron chi connectivity index (χ3n) is 2.41. The molecule has 4 nitrogen and oxygen atoms in total. The fourth-order valence-electron chi connectivity index (χ4n) is 1.54. The van der Waals surface area contributed by atoms with Gasteiger partial charge in [0.2, 0.25) is 0 Å². The van der Waals surface area contributed by atoms with Gasteiger partial charge in [0.15, 0.2) is 0 Å². The summed E-state index contributed by atoms with van der Waals surface area (Å²) in [5.74, 6) is 0. The SMILES string of the molecule is NCCCn1nncc1-c1ccc(Cl)c(Cl)c1. The van der Waals surface area contributed by atoms with Crippen molar-refractivity contribution in [1.82, 2.24) is 15.0 Å². The summed E-state index contributed by atoms with van der Waals surface area (Å²) in [5, 5.41) is 8.98. The lowest BCUT2D eigenvalue weighted by molar-refractivity contribution is 0.569. The van der Waals surface area contributed by atoms with E-state index in [9.17, 15) is 0 Å². The lowest BCUT2D eigenvalue weighted by Crippen LogP contribution is -2.08. The van der Waals surface area contributed by atoms with Gasteiger partial charge in [-0.3, -0.25) is 0 Å². The molecule has 0 aliphatic rings. The molecule has 0 amide bonds. The molecular formula is C11H12Cl2N4. The second-order valence-corrected chi connectivity index (χ2v) is 4.43. The highest BCUT2D eigenvalue weighted by Gasteiger charge is 2.08. The Morgan fingerprint density at radius 3 is 2.76 bits per heavy atom. The Bertz CT molecular complexity index is 510. The van der Waals surface area contributed by atoms with E-state index in [0.29, 0.717) is 16.6 Å². The zero-order valence-corrected chi connectivity index (χ0v) is 10.6. The van der Waals surface area contributed by atoms with Crippen molar-refractivity contribution in [2.75, 3.05) is 6.54 Å². The Hall–Kier alpha value is -1.10. The van der Waals surface area contributed by atoms with Crippen LogP contribution in [0.2, 0.25) is 10.0 Å². The van der Waals surface area contributed by atoms with Gasteiger partial charge in [0.05, 0.1) is 21.9 Å². The smallest absolute Gasteiger partial charge is 0.0886 e. The quantitative estimate of drug-likeness (QED) is 0.929. The Labute approximate surface area is 109 Å². The van der Waals surface area contributed by atoms with Crippen LogP contribution in [0.1, 0.15) is 6.42 Å². The maximum Gasteiger partial charge on any atom is 0.0886 e. The normalized spacial score (nSPS) is 10.8. The van der Waals surface area contributed by atoms with Crippen molar-refractivity contribution >= 4 is 23.2 Å². The van der Waals surface area contributed by atoms with E-state index in [0.717, 1.165) is 24.2 Å². The van der Waals surface area contributed by atoms with E-state index in [1.807, 2.05) is 16.8 Å². The molecule has 0 aliphatic carbocycles. The van der Waals surface area contributed by atoms with Gasteiger partial charge in [-0.1, -0.05) is 34.5 Å². The van der Waals surface area contributed by atoms with Crippen molar-refractivity contribution in [1.29, 1.82) is 0 Å². The van der Waals surface area contributed by atoms with Crippen LogP contribution in [0.25, 0.3) is 11.3 Å². The number of nitrogens with zero attached hydrogens (tertiary/aromatic N) is 3. The van der Waals surface area contributed by atoms with Gasteiger partial charge in [-0.25, -0.2) is 4.68 Å². The number of halogens is 2. The number of nitrogens with two attached hydrogens (primary N) is 1. The first-order valence-corrected chi connectivity index (χ1v) is 6.02. The van der Waals surface area contributed by atoms with E-state index in [-0.39, 0.29) is 0 Å². The maximum atomic E-state index is 5.99. The van der Waals surface area contributed by atoms with Crippen LogP contribution in [0.5, 0.6) is 0 Å². The standard InChI is InChI=1S/C11H12Cl2N4/c12-9-3-2-8(6-10(9)13)11-7-15-16-17(11)5-1-4-14/h2-3,6-7H,1,4-5,14H2. The predicted molar refractivity (Wildman–Crippen MR) is 69.1 cm³/mol. The molecule has 90 valence electrons. The average molecular weight is 271 g/mol. The number of rotatable bonds is 4. The number of benzene rings is 1. The first kappa shape index (κ1) is 12.4. The Balaban J connectivity index is 2.32. The molecule has 0 atom stereocenters. The highest BCUT2D eigenvalue weighted by atomic mass is 35.5. The van der Waals surface area contributed by atoms with E-state index in [1.54, 1.807) is 12.3 Å². The first-order valence-electron chi connectivity index (χ1n) is 5.26. The number of hydrogen-bond donors (Lipinski definition) is 1. The molecule has 2 N–H and O–H groups in total. The molecule has 1 aromatic heterocycles. The summed E-state index contributed by atoms with van der Waals surface area (Å²) >= 11 is 11.9. The van der Waals surface area contributed by atoms with Crippen LogP contribution in [0.15, 0.2) is 24.4 Å². The molecule has 0 spiro atoms. The topological polar surface area (TPSA) is 56.7 Å². The summed E-state index contributed by atoms with van der Waals surface area (Å²) in [4.78, 5) is 0. The van der Waals surface area contributed by atoms with Gasteiger partial charge in [-0.15, -0.1) is 5.10 Å². The fraction of sp³-hybridized carbons (Fsp3) is 0.273. The van der Waals surface area contributed by atoms with Crippen LogP contribution >= 0.6 is 23.2 Å². The van der Waals surface area contributed by atoms with Crippen molar-refractivity contribution in [3.05, 3.63) is 34.4 Å². The molecule has 6 heteroatoms. The van der Waals surface area contributed by atoms with Crippen LogP contribution in [0.3, 0.4) is 0 Å². The molecule has 0 saturated heterocycles. The monoisotopic (exact) mass is 270 g/mol. The average Bonchev–Trinajstić information content (AvgIpc) is 2.78. The van der Waals surface area contributed by atoms with Crippen molar-refractivity contribution in [3.8, 4) is 11.3 Å². The minimum atomic E-state index is 0.524. The van der Waals surface area contributed by atoms with Crippen molar-refractivity contribution in [2.24, 2.45) is 5.73 Å². The van der Waals surface area contributed by atoms with E-state index < -0.39 is 0 Å². The van der Waals surface area contributed by atoms with Crippen LogP contribution in [0, 0.1) is 0 Å². The number of hydrogen-bond acceptors (Lipinski definition) is 3. The minimum absolute atomic E-state index is 0.524. The van der Waals surface area contributed by atoms with Gasteiger partial charge in [0.1, 0.15) is 0 Å². The fourth-order valence-corrected chi connectivity index (χ4v) is 1.84. The third kappa shape index (κ3) is 2.77. The van der Waals surface area contributed by atoms with Crippen LogP contribution < -0.4 is 5.73 Å². The molecule has 0 fully saturated rings. The minimum Gasteiger partial charge on any atom is -0.330 e. The van der Waals surface area contributed by atoms with Gasteiger partial charge < -0.3 is 5.73 Å². The molecule has 2 rings (SSSR count). The summed E-state index contributed by atoms with van der Waals surface area (Å²) < 4.78 is 1.81. The first-order chi connectivity index (χ1) is 8.22. The van der Waals surface area contributed by atoms with Crippen molar-refractivity contribution in [3.63, 3.8) is 0 Å². The van der Waals surface area contributed by atoms with E-state index in [1.165, 1.54) is 0 Å². The van der Waals surface area contributed by atoms with E-state index >= 15 is 0 Å². The summed E-state index contributed by atoms with van der Waals surface area (Å²) in [7, 11) is 0. The molecular weight excluding hydrogens is 259 g/mol. The van der Waals surface area contributed by atoms with Crippen molar-refractivity contribution in [2.45, 2.75) is 13.0 Å². The van der Waals surface area contributed by atoms with E-state index in [4.69, 9.17) is 28.9 Å². The molecule has 1 aromatic carbocycles. The van der Waals surface area contributed by atoms with Gasteiger partial charge in [0, 0.05) is 12.1 Å². The second-order valence-electron chi connectivity index (χ2n) is 3.61. The molecule has 0 radical (unpaired) electrons. The Morgan fingerprint density at radius 1 is 1.24 bits per heavy atom. The lowest BCUT2D eigenvalue weighted by Gasteiger charge is -2.06. The molecule has 17 heavy (non-hydrogen) atoms. The zero-order valence-electron chi connectivity index (χ0n) is 9.11. The molecule has 0 saturated carbocycles. The van der Waals surface area contributed by atoms with Gasteiger partial charge in [-0.2, -0.15) is 0 Å². The van der Waals surface area contributed by atoms with Crippen molar-refractivity contribution < 1.29 is 0 Å². The highest BCUT2D eigenvalue weighted by molar-refractivity contribution is 6.42. The van der Waals surface area contributed by atoms with Crippen LogP contribution in [-0.2, 0) is 6.54 Å². The van der Waals surface area contributed by atoms with Crippen LogP contribution in [-0.4, -0.2) is 21.5 Å². The third-order valence-corrected chi connectivity index (χ3v) is 3.15.